The van der Waals surface area contributed by atoms with Gasteiger partial charge in [0.2, 0.25) is 5.88 Å². The lowest BCUT2D eigenvalue weighted by Crippen LogP contribution is -2.10. The number of methoxy groups -OCH3 is 1. The minimum Gasteiger partial charge on any atom is -0.481 e. The summed E-state index contributed by atoms with van der Waals surface area (Å²) in [6.07, 6.45) is 0.709. The molecule has 0 radical (unpaired) electrons. The Morgan fingerprint density at radius 1 is 1.35 bits per heavy atom. The molecule has 0 amide bonds. The van der Waals surface area contributed by atoms with Gasteiger partial charge in [-0.3, -0.25) is 4.79 Å². The van der Waals surface area contributed by atoms with E-state index in [0.29, 0.717) is 23.8 Å². The van der Waals surface area contributed by atoms with E-state index in [4.69, 9.17) is 4.74 Å². The lowest BCUT2D eigenvalue weighted by atomic mass is 10.3. The van der Waals surface area contributed by atoms with Crippen LogP contribution in [0.15, 0.2) is 29.1 Å². The maximum absolute atomic E-state index is 11.4. The molecule has 17 heavy (non-hydrogen) atoms. The number of rotatable bonds is 3. The van der Waals surface area contributed by atoms with Crippen LogP contribution in [0.2, 0.25) is 0 Å². The van der Waals surface area contributed by atoms with E-state index >= 15 is 0 Å². The molecule has 0 saturated heterocycles. The first-order chi connectivity index (χ1) is 8.22. The van der Waals surface area contributed by atoms with Gasteiger partial charge in [0.1, 0.15) is 5.69 Å². The van der Waals surface area contributed by atoms with Crippen LogP contribution in [-0.2, 0) is 6.42 Å². The van der Waals surface area contributed by atoms with Crippen molar-refractivity contribution in [1.82, 2.24) is 15.0 Å². The first-order valence-electron chi connectivity index (χ1n) is 5.34. The molecule has 0 spiro atoms. The van der Waals surface area contributed by atoms with Crippen LogP contribution >= 0.6 is 0 Å². The molecule has 0 saturated carbocycles. The zero-order valence-corrected chi connectivity index (χ0v) is 9.73. The summed E-state index contributed by atoms with van der Waals surface area (Å²) in [6.45, 7) is 1.95. The van der Waals surface area contributed by atoms with E-state index < -0.39 is 0 Å². The number of aromatic amines is 1. The average Bonchev–Trinajstić information content (AvgIpc) is 2.38. The summed E-state index contributed by atoms with van der Waals surface area (Å²) >= 11 is 0. The third-order valence-electron chi connectivity index (χ3n) is 2.33. The van der Waals surface area contributed by atoms with Gasteiger partial charge in [-0.1, -0.05) is 13.0 Å². The van der Waals surface area contributed by atoms with Crippen LogP contribution in [0, 0.1) is 0 Å². The number of pyridine rings is 1. The van der Waals surface area contributed by atoms with Crippen molar-refractivity contribution < 1.29 is 4.74 Å². The topological polar surface area (TPSA) is 67.9 Å². The van der Waals surface area contributed by atoms with Gasteiger partial charge in [-0.25, -0.2) is 9.97 Å². The third kappa shape index (κ3) is 2.50. The highest BCUT2D eigenvalue weighted by Gasteiger charge is 2.05. The molecule has 0 unspecified atom stereocenters. The Hall–Kier alpha value is -2.17. The molecule has 0 atom stereocenters. The molecule has 5 nitrogen and oxygen atoms in total. The summed E-state index contributed by atoms with van der Waals surface area (Å²) in [5.74, 6) is 0.959. The van der Waals surface area contributed by atoms with E-state index in [-0.39, 0.29) is 5.56 Å². The monoisotopic (exact) mass is 231 g/mol. The van der Waals surface area contributed by atoms with Gasteiger partial charge in [0.25, 0.3) is 5.56 Å². The maximum Gasteiger partial charge on any atom is 0.251 e. The van der Waals surface area contributed by atoms with Gasteiger partial charge in [-0.2, -0.15) is 0 Å². The lowest BCUT2D eigenvalue weighted by molar-refractivity contribution is 0.398. The third-order valence-corrected chi connectivity index (χ3v) is 2.33. The first-order valence-corrected chi connectivity index (χ1v) is 5.34. The van der Waals surface area contributed by atoms with Gasteiger partial charge in [0.15, 0.2) is 5.82 Å². The van der Waals surface area contributed by atoms with Gasteiger partial charge >= 0.3 is 0 Å². The summed E-state index contributed by atoms with van der Waals surface area (Å²) < 4.78 is 5.03. The summed E-state index contributed by atoms with van der Waals surface area (Å²) in [6, 6.07) is 6.81. The largest absolute Gasteiger partial charge is 0.481 e. The van der Waals surface area contributed by atoms with Crippen molar-refractivity contribution in [3.8, 4) is 17.4 Å². The van der Waals surface area contributed by atoms with Crippen LogP contribution in [0.25, 0.3) is 11.5 Å². The van der Waals surface area contributed by atoms with Crippen LogP contribution in [-0.4, -0.2) is 22.1 Å². The van der Waals surface area contributed by atoms with E-state index in [1.165, 1.54) is 6.07 Å². The molecule has 0 bridgehead atoms. The summed E-state index contributed by atoms with van der Waals surface area (Å²) in [4.78, 5) is 22.7. The number of nitrogens with one attached hydrogen (secondary N) is 1. The minimum absolute atomic E-state index is 0.170. The summed E-state index contributed by atoms with van der Waals surface area (Å²) in [7, 11) is 1.55. The molecule has 2 aromatic heterocycles. The van der Waals surface area contributed by atoms with E-state index in [1.54, 1.807) is 25.3 Å². The zero-order chi connectivity index (χ0) is 12.3. The smallest absolute Gasteiger partial charge is 0.251 e. The highest BCUT2D eigenvalue weighted by molar-refractivity contribution is 5.49. The van der Waals surface area contributed by atoms with E-state index in [1.807, 2.05) is 6.92 Å². The van der Waals surface area contributed by atoms with Crippen molar-refractivity contribution in [1.29, 1.82) is 0 Å². The first kappa shape index (κ1) is 11.3. The minimum atomic E-state index is -0.170. The normalized spacial score (nSPS) is 10.2. The molecule has 0 aliphatic carbocycles. The number of ether oxygens (including phenoxy) is 1. The maximum atomic E-state index is 11.4. The number of aryl methyl sites for hydroxylation is 1. The lowest BCUT2D eigenvalue weighted by Gasteiger charge is -2.04. The molecular weight excluding hydrogens is 218 g/mol. The fourth-order valence-corrected chi connectivity index (χ4v) is 1.47. The number of hydrogen-bond donors (Lipinski definition) is 1. The van der Waals surface area contributed by atoms with Crippen molar-refractivity contribution in [3.63, 3.8) is 0 Å². The van der Waals surface area contributed by atoms with Gasteiger partial charge in [-0.15, -0.1) is 0 Å². The number of hydrogen-bond acceptors (Lipinski definition) is 4. The SMILES string of the molecule is CCc1cc(=O)[nH]c(-c2cccc(OC)n2)n1. The van der Waals surface area contributed by atoms with Crippen molar-refractivity contribution >= 4 is 0 Å². The predicted octanol–water partition coefficient (Wildman–Crippen LogP) is 1.40. The number of aromatic nitrogens is 3. The van der Waals surface area contributed by atoms with Crippen LogP contribution in [0.3, 0.4) is 0 Å². The second-order valence-electron chi connectivity index (χ2n) is 3.50. The predicted molar refractivity (Wildman–Crippen MR) is 64.0 cm³/mol. The fraction of sp³-hybridized carbons (Fsp3) is 0.250. The molecule has 1 N–H and O–H groups in total. The standard InChI is InChI=1S/C12H13N3O2/c1-3-8-7-10(16)15-12(13-8)9-5-4-6-11(14-9)17-2/h4-7H,3H2,1-2H3,(H,13,15,16). The van der Waals surface area contributed by atoms with Gasteiger partial charge in [-0.05, 0) is 12.5 Å². The molecule has 2 rings (SSSR count). The van der Waals surface area contributed by atoms with Crippen molar-refractivity contribution in [3.05, 3.63) is 40.3 Å². The molecular formula is C12H13N3O2. The van der Waals surface area contributed by atoms with E-state index in [2.05, 4.69) is 15.0 Å². The van der Waals surface area contributed by atoms with Crippen molar-refractivity contribution in [2.45, 2.75) is 13.3 Å². The van der Waals surface area contributed by atoms with Crippen LogP contribution in [0.5, 0.6) is 5.88 Å². The van der Waals surface area contributed by atoms with Gasteiger partial charge < -0.3 is 9.72 Å². The van der Waals surface area contributed by atoms with Crippen molar-refractivity contribution in [2.24, 2.45) is 0 Å². The highest BCUT2D eigenvalue weighted by atomic mass is 16.5. The molecule has 2 aromatic rings. The molecule has 88 valence electrons. The fourth-order valence-electron chi connectivity index (χ4n) is 1.47. The molecule has 2 heterocycles. The molecule has 5 heteroatoms. The van der Waals surface area contributed by atoms with Crippen LogP contribution < -0.4 is 10.3 Å². The Bertz CT molecular complexity index is 578. The van der Waals surface area contributed by atoms with Crippen LogP contribution in [0.1, 0.15) is 12.6 Å². The second kappa shape index (κ2) is 4.78. The Labute approximate surface area is 98.5 Å². The quantitative estimate of drug-likeness (QED) is 0.867. The molecule has 0 aliphatic heterocycles. The Morgan fingerprint density at radius 2 is 2.18 bits per heavy atom. The summed E-state index contributed by atoms with van der Waals surface area (Å²) in [5, 5.41) is 0. The summed E-state index contributed by atoms with van der Waals surface area (Å²) in [5.41, 5.74) is 1.17. The second-order valence-corrected chi connectivity index (χ2v) is 3.50. The Morgan fingerprint density at radius 3 is 2.88 bits per heavy atom. The number of H-pyrrole nitrogens is 1. The molecule has 0 fully saturated rings. The Kier molecular flexibility index (Phi) is 3.18. The molecule has 0 aromatic carbocycles. The zero-order valence-electron chi connectivity index (χ0n) is 9.73. The highest BCUT2D eigenvalue weighted by Crippen LogP contribution is 2.14. The van der Waals surface area contributed by atoms with Crippen LogP contribution in [0.4, 0.5) is 0 Å². The van der Waals surface area contributed by atoms with Gasteiger partial charge in [0.05, 0.1) is 7.11 Å². The Balaban J connectivity index is 2.51. The average molecular weight is 231 g/mol. The van der Waals surface area contributed by atoms with Gasteiger partial charge in [0, 0.05) is 17.8 Å². The van der Waals surface area contributed by atoms with Crippen molar-refractivity contribution in [2.75, 3.05) is 7.11 Å². The van der Waals surface area contributed by atoms with E-state index in [9.17, 15) is 4.79 Å². The molecule has 0 aliphatic rings. The van der Waals surface area contributed by atoms with E-state index in [0.717, 1.165) is 5.69 Å². The number of nitrogens with zero attached hydrogens (tertiary/aromatic N) is 2.